The van der Waals surface area contributed by atoms with Crippen LogP contribution in [0.4, 0.5) is 0 Å². The van der Waals surface area contributed by atoms with Gasteiger partial charge in [0, 0.05) is 11.9 Å². The summed E-state index contributed by atoms with van der Waals surface area (Å²) in [4.78, 5) is 2.81. The van der Waals surface area contributed by atoms with Crippen LogP contribution in [0.2, 0.25) is 0 Å². The summed E-state index contributed by atoms with van der Waals surface area (Å²) >= 11 is 0. The minimum absolute atomic E-state index is 0.0306. The summed E-state index contributed by atoms with van der Waals surface area (Å²) in [6.07, 6.45) is 1.59. The molecule has 0 aliphatic carbocycles. The molecule has 4 heteroatoms. The van der Waals surface area contributed by atoms with Crippen molar-refractivity contribution in [2.24, 2.45) is 0 Å². The van der Waals surface area contributed by atoms with E-state index < -0.39 is 10.8 Å². The Morgan fingerprint density at radius 3 is 2.33 bits per heavy atom. The zero-order valence-electron chi connectivity index (χ0n) is 7.63. The van der Waals surface area contributed by atoms with Crippen molar-refractivity contribution in [3.05, 3.63) is 17.8 Å². The maximum Gasteiger partial charge on any atom is 0.104 e. The molecule has 1 heterocycles. The summed E-state index contributed by atoms with van der Waals surface area (Å²) in [6, 6.07) is 3.43. The lowest BCUT2D eigenvalue weighted by Crippen LogP contribution is -1.88. The fourth-order valence-electron chi connectivity index (χ4n) is 0.678. The number of nitrogens with one attached hydrogen (secondary N) is 1. The van der Waals surface area contributed by atoms with Gasteiger partial charge in [-0.05, 0) is 12.1 Å². The average molecular weight is 189 g/mol. The van der Waals surface area contributed by atoms with Gasteiger partial charge in [-0.2, -0.15) is 0 Å². The molecular formula is C8H15NO2S. The van der Waals surface area contributed by atoms with Gasteiger partial charge in [-0.1, -0.05) is 13.8 Å². The monoisotopic (exact) mass is 189 g/mol. The molecule has 1 rings (SSSR count). The van der Waals surface area contributed by atoms with Crippen LogP contribution >= 0.6 is 0 Å². The first-order valence-corrected chi connectivity index (χ1v) is 5.42. The highest BCUT2D eigenvalue weighted by molar-refractivity contribution is 7.84. The van der Waals surface area contributed by atoms with Crippen LogP contribution in [-0.4, -0.2) is 20.6 Å². The molecule has 1 aromatic rings. The van der Waals surface area contributed by atoms with Gasteiger partial charge >= 0.3 is 0 Å². The normalized spacial score (nSPS) is 11.7. The third-order valence-corrected chi connectivity index (χ3v) is 2.06. The second-order valence-electron chi connectivity index (χ2n) is 1.96. The second kappa shape index (κ2) is 5.97. The van der Waals surface area contributed by atoms with Crippen LogP contribution in [0.15, 0.2) is 17.2 Å². The van der Waals surface area contributed by atoms with E-state index in [9.17, 15) is 4.21 Å². The lowest BCUT2D eigenvalue weighted by atomic mass is 10.5. The third-order valence-electron chi connectivity index (χ3n) is 1.20. The van der Waals surface area contributed by atoms with Crippen molar-refractivity contribution in [3.63, 3.8) is 0 Å². The van der Waals surface area contributed by atoms with Gasteiger partial charge in [-0.25, -0.2) is 0 Å². The Hall–Kier alpha value is -0.610. The Kier molecular flexibility index (Phi) is 5.66. The van der Waals surface area contributed by atoms with Gasteiger partial charge in [0.15, 0.2) is 0 Å². The van der Waals surface area contributed by atoms with E-state index in [-0.39, 0.29) is 6.61 Å². The van der Waals surface area contributed by atoms with Gasteiger partial charge in [0.2, 0.25) is 0 Å². The Morgan fingerprint density at radius 1 is 1.50 bits per heavy atom. The van der Waals surface area contributed by atoms with E-state index in [1.54, 1.807) is 18.4 Å². The molecule has 0 bridgehead atoms. The number of hydrogen-bond acceptors (Lipinski definition) is 2. The average Bonchev–Trinajstić information content (AvgIpc) is 2.55. The van der Waals surface area contributed by atoms with Gasteiger partial charge in [0.25, 0.3) is 0 Å². The topological polar surface area (TPSA) is 53.1 Å². The molecule has 12 heavy (non-hydrogen) atoms. The Morgan fingerprint density at radius 2 is 2.08 bits per heavy atom. The molecule has 1 atom stereocenters. The van der Waals surface area contributed by atoms with Crippen LogP contribution in [0.25, 0.3) is 0 Å². The first-order valence-electron chi connectivity index (χ1n) is 3.86. The van der Waals surface area contributed by atoms with Crippen molar-refractivity contribution in [1.29, 1.82) is 0 Å². The molecule has 1 aromatic heterocycles. The smallest absolute Gasteiger partial charge is 0.104 e. The van der Waals surface area contributed by atoms with Crippen molar-refractivity contribution >= 4 is 10.8 Å². The number of aromatic amines is 1. The van der Waals surface area contributed by atoms with Crippen molar-refractivity contribution in [2.45, 2.75) is 25.5 Å². The lowest BCUT2D eigenvalue weighted by Gasteiger charge is -1.88. The molecule has 2 N–H and O–H groups in total. The molecule has 0 aliphatic rings. The summed E-state index contributed by atoms with van der Waals surface area (Å²) in [7, 11) is -0.976. The van der Waals surface area contributed by atoms with E-state index in [4.69, 9.17) is 5.11 Å². The standard InChI is InChI=1S/C6H9NO2S.C2H6/c1-10(9)6-3-2-5(4-8)7-6;1-2/h2-3,7-8H,4H2,1H3;1-2H3. The molecule has 3 nitrogen and oxygen atoms in total. The van der Waals surface area contributed by atoms with E-state index in [1.807, 2.05) is 13.8 Å². The first kappa shape index (κ1) is 11.4. The summed E-state index contributed by atoms with van der Waals surface area (Å²) in [5.41, 5.74) is 0.699. The van der Waals surface area contributed by atoms with E-state index in [0.29, 0.717) is 10.7 Å². The summed E-state index contributed by atoms with van der Waals surface area (Å²) in [6.45, 7) is 3.97. The minimum atomic E-state index is -0.976. The molecule has 0 fully saturated rings. The molecule has 0 amide bonds. The van der Waals surface area contributed by atoms with E-state index in [0.717, 1.165) is 0 Å². The van der Waals surface area contributed by atoms with Crippen LogP contribution in [0.5, 0.6) is 0 Å². The molecule has 0 radical (unpaired) electrons. The van der Waals surface area contributed by atoms with Crippen LogP contribution in [0.3, 0.4) is 0 Å². The fraction of sp³-hybridized carbons (Fsp3) is 0.500. The minimum Gasteiger partial charge on any atom is -0.390 e. The van der Waals surface area contributed by atoms with Gasteiger partial charge in [0.1, 0.15) is 5.03 Å². The third kappa shape index (κ3) is 3.19. The highest BCUT2D eigenvalue weighted by atomic mass is 32.2. The number of aliphatic hydroxyl groups is 1. The van der Waals surface area contributed by atoms with E-state index in [1.165, 1.54) is 0 Å². The predicted molar refractivity (Wildman–Crippen MR) is 50.4 cm³/mol. The predicted octanol–water partition coefficient (Wildman–Crippen LogP) is 1.27. The Labute approximate surface area is 75.3 Å². The van der Waals surface area contributed by atoms with Crippen LogP contribution in [0.1, 0.15) is 19.5 Å². The molecule has 0 saturated carbocycles. The van der Waals surface area contributed by atoms with Crippen LogP contribution in [0, 0.1) is 0 Å². The second-order valence-corrected chi connectivity index (χ2v) is 3.31. The first-order chi connectivity index (χ1) is 5.74. The van der Waals surface area contributed by atoms with Gasteiger partial charge < -0.3 is 10.1 Å². The molecule has 0 aliphatic heterocycles. The molecular weight excluding hydrogens is 174 g/mol. The number of aromatic nitrogens is 1. The summed E-state index contributed by atoms with van der Waals surface area (Å²) in [5.74, 6) is 0. The van der Waals surface area contributed by atoms with Gasteiger partial charge in [0.05, 0.1) is 17.4 Å². The number of aliphatic hydroxyl groups excluding tert-OH is 1. The van der Waals surface area contributed by atoms with Gasteiger partial charge in [-0.15, -0.1) is 0 Å². The van der Waals surface area contributed by atoms with E-state index >= 15 is 0 Å². The molecule has 70 valence electrons. The molecule has 0 aromatic carbocycles. The zero-order chi connectivity index (χ0) is 9.56. The molecule has 0 saturated heterocycles. The maximum absolute atomic E-state index is 10.8. The van der Waals surface area contributed by atoms with Crippen molar-refractivity contribution in [3.8, 4) is 0 Å². The number of H-pyrrole nitrogens is 1. The largest absolute Gasteiger partial charge is 0.390 e. The SMILES string of the molecule is CC.CS(=O)c1ccc(CO)[nH]1. The van der Waals surface area contributed by atoms with E-state index in [2.05, 4.69) is 4.98 Å². The zero-order valence-corrected chi connectivity index (χ0v) is 8.44. The number of hydrogen-bond donors (Lipinski definition) is 2. The van der Waals surface area contributed by atoms with Crippen LogP contribution in [-0.2, 0) is 17.4 Å². The summed E-state index contributed by atoms with van der Waals surface area (Å²) in [5, 5.41) is 9.26. The molecule has 0 spiro atoms. The molecule has 1 unspecified atom stereocenters. The summed E-state index contributed by atoms with van der Waals surface area (Å²) < 4.78 is 10.8. The van der Waals surface area contributed by atoms with Crippen LogP contribution < -0.4 is 0 Å². The highest BCUT2D eigenvalue weighted by Gasteiger charge is 1.99. The maximum atomic E-state index is 10.8. The van der Waals surface area contributed by atoms with Gasteiger partial charge in [-0.3, -0.25) is 4.21 Å². The Balaban J connectivity index is 0.000000561. The lowest BCUT2D eigenvalue weighted by molar-refractivity contribution is 0.277. The van der Waals surface area contributed by atoms with Crippen molar-refractivity contribution < 1.29 is 9.32 Å². The Bertz CT molecular complexity index is 245. The quantitative estimate of drug-likeness (QED) is 0.736. The fourth-order valence-corrected chi connectivity index (χ4v) is 1.21. The van der Waals surface area contributed by atoms with Crippen molar-refractivity contribution in [1.82, 2.24) is 4.98 Å². The van der Waals surface area contributed by atoms with Crippen molar-refractivity contribution in [2.75, 3.05) is 6.26 Å². The number of rotatable bonds is 2. The highest BCUT2D eigenvalue weighted by Crippen LogP contribution is 2.04.